The normalized spacial score (nSPS) is 10.1. The summed E-state index contributed by atoms with van der Waals surface area (Å²) < 4.78 is 11.1. The van der Waals surface area contributed by atoms with Gasteiger partial charge < -0.3 is 9.47 Å². The minimum atomic E-state index is -0.0104. The first-order chi connectivity index (χ1) is 7.16. The summed E-state index contributed by atoms with van der Waals surface area (Å²) >= 11 is 3.35. The van der Waals surface area contributed by atoms with Gasteiger partial charge in [-0.1, -0.05) is 6.07 Å². The molecule has 0 aliphatic rings. The zero-order valence-corrected chi connectivity index (χ0v) is 10.3. The van der Waals surface area contributed by atoms with E-state index in [0.29, 0.717) is 24.5 Å². The molecule has 0 unspecified atom stereocenters. The number of hydrogen-bond donors (Lipinski definition) is 0. The second kappa shape index (κ2) is 5.88. The molecule has 0 atom stereocenters. The van der Waals surface area contributed by atoms with Gasteiger partial charge in [-0.2, -0.15) is 0 Å². The molecule has 0 aliphatic heterocycles. The van der Waals surface area contributed by atoms with Crippen LogP contribution < -0.4 is 4.74 Å². The average molecular weight is 273 g/mol. The highest BCUT2D eigenvalue weighted by Crippen LogP contribution is 2.29. The van der Waals surface area contributed by atoms with Crippen LogP contribution in [-0.4, -0.2) is 26.1 Å². The Hall–Kier alpha value is -0.870. The molecule has 82 valence electrons. The molecule has 1 aromatic carbocycles. The van der Waals surface area contributed by atoms with Crippen LogP contribution in [0.2, 0.25) is 0 Å². The van der Waals surface area contributed by atoms with Crippen molar-refractivity contribution < 1.29 is 14.3 Å². The molecular weight excluding hydrogens is 260 g/mol. The molecule has 0 bridgehead atoms. The van der Waals surface area contributed by atoms with Crippen molar-refractivity contribution in [1.82, 2.24) is 0 Å². The van der Waals surface area contributed by atoms with Gasteiger partial charge in [0.1, 0.15) is 12.4 Å². The minimum absolute atomic E-state index is 0.0104. The number of ether oxygens (including phenoxy) is 2. The highest BCUT2D eigenvalue weighted by Gasteiger charge is 2.11. The number of methoxy groups -OCH3 is 1. The van der Waals surface area contributed by atoms with Gasteiger partial charge in [0.05, 0.1) is 16.6 Å². The predicted molar refractivity (Wildman–Crippen MR) is 61.5 cm³/mol. The van der Waals surface area contributed by atoms with Crippen LogP contribution in [0.4, 0.5) is 0 Å². The minimum Gasteiger partial charge on any atom is -0.489 e. The Bertz CT molecular complexity index is 350. The standard InChI is InChI=1S/C11H13BrO3/c1-8(13)9-4-3-5-10(12)11(9)15-7-6-14-2/h3-5H,6-7H2,1-2H3. The molecule has 1 rings (SSSR count). The third-order valence-electron chi connectivity index (χ3n) is 1.88. The van der Waals surface area contributed by atoms with Crippen molar-refractivity contribution in [3.8, 4) is 5.75 Å². The molecule has 0 heterocycles. The molecule has 15 heavy (non-hydrogen) atoms. The number of rotatable bonds is 5. The number of hydrogen-bond acceptors (Lipinski definition) is 3. The lowest BCUT2D eigenvalue weighted by atomic mass is 10.1. The van der Waals surface area contributed by atoms with Gasteiger partial charge in [0, 0.05) is 7.11 Å². The highest BCUT2D eigenvalue weighted by atomic mass is 79.9. The number of carbonyl (C=O) groups excluding carboxylic acids is 1. The predicted octanol–water partition coefficient (Wildman–Crippen LogP) is 2.68. The van der Waals surface area contributed by atoms with Gasteiger partial charge in [0.25, 0.3) is 0 Å². The zero-order chi connectivity index (χ0) is 11.3. The Labute approximate surface area is 97.5 Å². The summed E-state index contributed by atoms with van der Waals surface area (Å²) in [5, 5.41) is 0. The van der Waals surface area contributed by atoms with E-state index in [-0.39, 0.29) is 5.78 Å². The first-order valence-electron chi connectivity index (χ1n) is 4.58. The van der Waals surface area contributed by atoms with Crippen LogP contribution in [-0.2, 0) is 4.74 Å². The number of para-hydroxylation sites is 1. The van der Waals surface area contributed by atoms with Gasteiger partial charge in [-0.15, -0.1) is 0 Å². The van der Waals surface area contributed by atoms with Crippen molar-refractivity contribution in [3.63, 3.8) is 0 Å². The Morgan fingerprint density at radius 3 is 2.73 bits per heavy atom. The topological polar surface area (TPSA) is 35.5 Å². The lowest BCUT2D eigenvalue weighted by molar-refractivity contribution is 0.100. The lowest BCUT2D eigenvalue weighted by Gasteiger charge is -2.10. The van der Waals surface area contributed by atoms with Crippen molar-refractivity contribution >= 4 is 21.7 Å². The lowest BCUT2D eigenvalue weighted by Crippen LogP contribution is -2.07. The van der Waals surface area contributed by atoms with Crippen LogP contribution >= 0.6 is 15.9 Å². The van der Waals surface area contributed by atoms with E-state index in [4.69, 9.17) is 9.47 Å². The van der Waals surface area contributed by atoms with E-state index in [2.05, 4.69) is 15.9 Å². The summed E-state index contributed by atoms with van der Waals surface area (Å²) in [5.74, 6) is 0.575. The summed E-state index contributed by atoms with van der Waals surface area (Å²) in [6, 6.07) is 5.40. The molecule has 0 N–H and O–H groups in total. The molecule has 0 fully saturated rings. The third kappa shape index (κ3) is 3.32. The SMILES string of the molecule is COCCOc1c(Br)cccc1C(C)=O. The molecule has 0 aromatic heterocycles. The van der Waals surface area contributed by atoms with Crippen molar-refractivity contribution in [2.24, 2.45) is 0 Å². The first-order valence-corrected chi connectivity index (χ1v) is 5.37. The smallest absolute Gasteiger partial charge is 0.163 e. The maximum Gasteiger partial charge on any atom is 0.163 e. The number of ketones is 1. The summed E-state index contributed by atoms with van der Waals surface area (Å²) in [6.45, 7) is 2.45. The number of halogens is 1. The van der Waals surface area contributed by atoms with Gasteiger partial charge >= 0.3 is 0 Å². The molecule has 0 radical (unpaired) electrons. The van der Waals surface area contributed by atoms with Crippen molar-refractivity contribution in [3.05, 3.63) is 28.2 Å². The van der Waals surface area contributed by atoms with Crippen LogP contribution in [0, 0.1) is 0 Å². The summed E-state index contributed by atoms with van der Waals surface area (Å²) in [5.41, 5.74) is 0.584. The maximum absolute atomic E-state index is 11.3. The number of benzene rings is 1. The van der Waals surface area contributed by atoms with E-state index >= 15 is 0 Å². The summed E-state index contributed by atoms with van der Waals surface area (Å²) in [7, 11) is 1.61. The fraction of sp³-hybridized carbons (Fsp3) is 0.364. The molecule has 0 saturated heterocycles. The van der Waals surface area contributed by atoms with E-state index in [1.54, 1.807) is 13.2 Å². The molecule has 1 aromatic rings. The quantitative estimate of drug-likeness (QED) is 0.611. The monoisotopic (exact) mass is 272 g/mol. The second-order valence-electron chi connectivity index (χ2n) is 3.01. The van der Waals surface area contributed by atoms with Crippen LogP contribution in [0.1, 0.15) is 17.3 Å². The Balaban J connectivity index is 2.87. The van der Waals surface area contributed by atoms with E-state index in [1.165, 1.54) is 6.92 Å². The van der Waals surface area contributed by atoms with Gasteiger partial charge in [0.15, 0.2) is 5.78 Å². The van der Waals surface area contributed by atoms with Gasteiger partial charge in [-0.25, -0.2) is 0 Å². The van der Waals surface area contributed by atoms with E-state index < -0.39 is 0 Å². The molecule has 0 spiro atoms. The van der Waals surface area contributed by atoms with Crippen LogP contribution in [0.3, 0.4) is 0 Å². The van der Waals surface area contributed by atoms with E-state index in [9.17, 15) is 4.79 Å². The first kappa shape index (κ1) is 12.2. The number of Topliss-reactive ketones (excluding diaryl/α,β-unsaturated/α-hetero) is 1. The second-order valence-corrected chi connectivity index (χ2v) is 3.87. The largest absolute Gasteiger partial charge is 0.489 e. The molecule has 3 nitrogen and oxygen atoms in total. The molecule has 4 heteroatoms. The fourth-order valence-corrected chi connectivity index (χ4v) is 1.64. The molecule has 0 amide bonds. The van der Waals surface area contributed by atoms with E-state index in [1.807, 2.05) is 12.1 Å². The summed E-state index contributed by atoms with van der Waals surface area (Å²) in [6.07, 6.45) is 0. The highest BCUT2D eigenvalue weighted by molar-refractivity contribution is 9.10. The zero-order valence-electron chi connectivity index (χ0n) is 8.75. The average Bonchev–Trinajstić information content (AvgIpc) is 2.20. The van der Waals surface area contributed by atoms with Crippen LogP contribution in [0.5, 0.6) is 5.75 Å². The number of carbonyl (C=O) groups is 1. The van der Waals surface area contributed by atoms with Crippen molar-refractivity contribution in [2.75, 3.05) is 20.3 Å². The van der Waals surface area contributed by atoms with Crippen LogP contribution in [0.15, 0.2) is 22.7 Å². The third-order valence-corrected chi connectivity index (χ3v) is 2.50. The van der Waals surface area contributed by atoms with Crippen molar-refractivity contribution in [1.29, 1.82) is 0 Å². The van der Waals surface area contributed by atoms with Gasteiger partial charge in [-0.3, -0.25) is 4.79 Å². The molecule has 0 saturated carbocycles. The molecular formula is C11H13BrO3. The van der Waals surface area contributed by atoms with E-state index in [0.717, 1.165) is 4.47 Å². The Kier molecular flexibility index (Phi) is 4.78. The fourth-order valence-electron chi connectivity index (χ4n) is 1.16. The Morgan fingerprint density at radius 1 is 1.40 bits per heavy atom. The summed E-state index contributed by atoms with van der Waals surface area (Å²) in [4.78, 5) is 11.3. The van der Waals surface area contributed by atoms with Gasteiger partial charge in [0.2, 0.25) is 0 Å². The molecule has 0 aliphatic carbocycles. The van der Waals surface area contributed by atoms with Gasteiger partial charge in [-0.05, 0) is 35.0 Å². The van der Waals surface area contributed by atoms with Crippen LogP contribution in [0.25, 0.3) is 0 Å². The Morgan fingerprint density at radius 2 is 2.13 bits per heavy atom. The van der Waals surface area contributed by atoms with Crippen molar-refractivity contribution in [2.45, 2.75) is 6.92 Å². The maximum atomic E-state index is 11.3.